The minimum Gasteiger partial charge on any atom is -0.357 e. The third-order valence-corrected chi connectivity index (χ3v) is 5.77. The van der Waals surface area contributed by atoms with Crippen LogP contribution in [-0.4, -0.2) is 69.0 Å². The summed E-state index contributed by atoms with van der Waals surface area (Å²) in [5.74, 6) is 3.06. The van der Waals surface area contributed by atoms with Crippen LogP contribution < -0.4 is 10.2 Å². The summed E-state index contributed by atoms with van der Waals surface area (Å²) in [6.45, 7) is 12.9. The summed E-state index contributed by atoms with van der Waals surface area (Å²) >= 11 is 1.51. The standard InChI is InChI=1S/C19H32N8S/c1-4-17-23-19(28-24-17)27-14-12-26(13-15-27)18(20-5-2)22-8-6-7-10-25-11-9-21-16(25)3/h9,11H,4-8,10,12-15H2,1-3H3,(H,20,22). The second kappa shape index (κ2) is 10.4. The summed E-state index contributed by atoms with van der Waals surface area (Å²) in [5.41, 5.74) is 0. The number of anilines is 1. The number of rotatable bonds is 8. The molecule has 0 spiro atoms. The Morgan fingerprint density at radius 2 is 2.04 bits per heavy atom. The molecule has 8 nitrogen and oxygen atoms in total. The van der Waals surface area contributed by atoms with Crippen LogP contribution in [0, 0.1) is 6.92 Å². The first kappa shape index (κ1) is 20.6. The van der Waals surface area contributed by atoms with Crippen LogP contribution >= 0.6 is 11.5 Å². The van der Waals surface area contributed by atoms with Crippen molar-refractivity contribution in [2.45, 2.75) is 46.6 Å². The Bertz CT molecular complexity index is 745. The van der Waals surface area contributed by atoms with E-state index in [4.69, 9.17) is 4.99 Å². The minimum atomic E-state index is 0.854. The molecule has 1 saturated heterocycles. The first-order valence-electron chi connectivity index (χ1n) is 10.3. The highest BCUT2D eigenvalue weighted by atomic mass is 32.1. The molecule has 9 heteroatoms. The Morgan fingerprint density at radius 1 is 1.21 bits per heavy atom. The van der Waals surface area contributed by atoms with Crippen molar-refractivity contribution in [3.05, 3.63) is 24.0 Å². The number of unbranched alkanes of at least 4 members (excludes halogenated alkanes) is 1. The molecule has 3 heterocycles. The van der Waals surface area contributed by atoms with Gasteiger partial charge in [0, 0.05) is 76.2 Å². The summed E-state index contributed by atoms with van der Waals surface area (Å²) < 4.78 is 6.61. The van der Waals surface area contributed by atoms with Gasteiger partial charge in [0.1, 0.15) is 11.6 Å². The van der Waals surface area contributed by atoms with E-state index in [9.17, 15) is 0 Å². The van der Waals surface area contributed by atoms with Gasteiger partial charge >= 0.3 is 0 Å². The van der Waals surface area contributed by atoms with Crippen molar-refractivity contribution in [2.24, 2.45) is 4.99 Å². The SMILES string of the molecule is CCNC(=NCCCCn1ccnc1C)N1CCN(c2nc(CC)ns2)CC1. The van der Waals surface area contributed by atoms with E-state index < -0.39 is 0 Å². The van der Waals surface area contributed by atoms with Crippen molar-refractivity contribution in [3.8, 4) is 0 Å². The number of aromatic nitrogens is 4. The smallest absolute Gasteiger partial charge is 0.205 e. The van der Waals surface area contributed by atoms with Crippen molar-refractivity contribution < 1.29 is 0 Å². The van der Waals surface area contributed by atoms with E-state index in [0.29, 0.717) is 0 Å². The quantitative estimate of drug-likeness (QED) is 0.413. The topological polar surface area (TPSA) is 74.5 Å². The van der Waals surface area contributed by atoms with Gasteiger partial charge in [0.15, 0.2) is 5.96 Å². The van der Waals surface area contributed by atoms with Crippen LogP contribution in [0.3, 0.4) is 0 Å². The fourth-order valence-corrected chi connectivity index (χ4v) is 4.07. The van der Waals surface area contributed by atoms with Crippen molar-refractivity contribution in [2.75, 3.05) is 44.2 Å². The average Bonchev–Trinajstić information content (AvgIpc) is 3.36. The molecule has 0 saturated carbocycles. The van der Waals surface area contributed by atoms with Gasteiger partial charge in [-0.25, -0.2) is 9.97 Å². The average molecular weight is 405 g/mol. The lowest BCUT2D eigenvalue weighted by Gasteiger charge is -2.36. The van der Waals surface area contributed by atoms with Crippen LogP contribution in [0.5, 0.6) is 0 Å². The number of nitrogens with zero attached hydrogens (tertiary/aromatic N) is 7. The largest absolute Gasteiger partial charge is 0.357 e. The zero-order valence-corrected chi connectivity index (χ0v) is 18.1. The van der Waals surface area contributed by atoms with Crippen LogP contribution in [0.4, 0.5) is 5.13 Å². The number of nitrogens with one attached hydrogen (secondary N) is 1. The van der Waals surface area contributed by atoms with E-state index >= 15 is 0 Å². The monoisotopic (exact) mass is 404 g/mol. The van der Waals surface area contributed by atoms with Gasteiger partial charge in [-0.15, -0.1) is 0 Å². The highest BCUT2D eigenvalue weighted by Gasteiger charge is 2.21. The van der Waals surface area contributed by atoms with Crippen molar-refractivity contribution in [1.29, 1.82) is 0 Å². The van der Waals surface area contributed by atoms with Crippen LogP contribution in [-0.2, 0) is 13.0 Å². The molecule has 0 aromatic carbocycles. The molecule has 3 rings (SSSR count). The summed E-state index contributed by atoms with van der Waals surface area (Å²) in [5, 5.41) is 4.50. The molecule has 2 aromatic rings. The van der Waals surface area contributed by atoms with Crippen molar-refractivity contribution in [1.82, 2.24) is 29.1 Å². The van der Waals surface area contributed by atoms with Crippen LogP contribution in [0.2, 0.25) is 0 Å². The van der Waals surface area contributed by atoms with Gasteiger partial charge in [-0.2, -0.15) is 4.37 Å². The fraction of sp³-hybridized carbons (Fsp3) is 0.684. The van der Waals surface area contributed by atoms with E-state index in [-0.39, 0.29) is 0 Å². The van der Waals surface area contributed by atoms with Gasteiger partial charge < -0.3 is 19.7 Å². The second-order valence-electron chi connectivity index (χ2n) is 6.93. The van der Waals surface area contributed by atoms with Crippen molar-refractivity contribution in [3.63, 3.8) is 0 Å². The molecule has 1 fully saturated rings. The summed E-state index contributed by atoms with van der Waals surface area (Å²) in [7, 11) is 0. The Hall–Kier alpha value is -2.16. The highest BCUT2D eigenvalue weighted by Crippen LogP contribution is 2.19. The predicted octanol–water partition coefficient (Wildman–Crippen LogP) is 2.17. The zero-order chi connectivity index (χ0) is 19.8. The first-order valence-corrected chi connectivity index (χ1v) is 11.1. The number of imidazole rings is 1. The molecule has 0 radical (unpaired) electrons. The number of piperazine rings is 1. The van der Waals surface area contributed by atoms with Crippen LogP contribution in [0.25, 0.3) is 0 Å². The summed E-state index contributed by atoms with van der Waals surface area (Å²) in [4.78, 5) is 18.4. The lowest BCUT2D eigenvalue weighted by molar-refractivity contribution is 0.372. The minimum absolute atomic E-state index is 0.854. The molecular weight excluding hydrogens is 372 g/mol. The molecule has 0 atom stereocenters. The van der Waals surface area contributed by atoms with Gasteiger partial charge in [0.05, 0.1) is 0 Å². The lowest BCUT2D eigenvalue weighted by Crippen LogP contribution is -2.52. The molecule has 1 aliphatic heterocycles. The molecule has 1 aliphatic rings. The third-order valence-electron chi connectivity index (χ3n) is 4.95. The molecule has 0 unspecified atom stereocenters. The fourth-order valence-electron chi connectivity index (χ4n) is 3.27. The van der Waals surface area contributed by atoms with Gasteiger partial charge in [-0.1, -0.05) is 6.92 Å². The molecule has 0 amide bonds. The summed E-state index contributed by atoms with van der Waals surface area (Å²) in [6, 6.07) is 0. The third kappa shape index (κ3) is 5.43. The molecule has 0 aliphatic carbocycles. The van der Waals surface area contributed by atoms with Crippen LogP contribution in [0.1, 0.15) is 38.3 Å². The molecular formula is C19H32N8S. The Balaban J connectivity index is 1.45. The maximum Gasteiger partial charge on any atom is 0.205 e. The first-order chi connectivity index (χ1) is 13.7. The molecule has 154 valence electrons. The molecule has 1 N–H and O–H groups in total. The van der Waals surface area contributed by atoms with E-state index in [1.54, 1.807) is 0 Å². The predicted molar refractivity (Wildman–Crippen MR) is 115 cm³/mol. The zero-order valence-electron chi connectivity index (χ0n) is 17.3. The molecule has 28 heavy (non-hydrogen) atoms. The van der Waals surface area contributed by atoms with E-state index in [1.807, 2.05) is 19.3 Å². The maximum absolute atomic E-state index is 4.86. The highest BCUT2D eigenvalue weighted by molar-refractivity contribution is 7.09. The van der Waals surface area contributed by atoms with Crippen LogP contribution in [0.15, 0.2) is 17.4 Å². The number of hydrogen-bond acceptors (Lipinski definition) is 6. The van der Waals surface area contributed by atoms with Gasteiger partial charge in [0.2, 0.25) is 5.13 Å². The summed E-state index contributed by atoms with van der Waals surface area (Å²) in [6.07, 6.45) is 7.00. The van der Waals surface area contributed by atoms with Gasteiger partial charge in [0.25, 0.3) is 0 Å². The number of guanidine groups is 1. The number of aryl methyl sites for hydroxylation is 3. The Morgan fingerprint density at radius 3 is 2.68 bits per heavy atom. The number of aliphatic imine (C=N–C) groups is 1. The normalized spacial score (nSPS) is 15.3. The van der Waals surface area contributed by atoms with Gasteiger partial charge in [-0.3, -0.25) is 4.99 Å². The van der Waals surface area contributed by atoms with Gasteiger partial charge in [-0.05, 0) is 26.7 Å². The Labute approximate surface area is 171 Å². The second-order valence-corrected chi connectivity index (χ2v) is 7.66. The van der Waals surface area contributed by atoms with E-state index in [2.05, 4.69) is 47.9 Å². The number of hydrogen-bond donors (Lipinski definition) is 1. The maximum atomic E-state index is 4.86. The van der Waals surface area contributed by atoms with Crippen molar-refractivity contribution >= 4 is 22.6 Å². The lowest BCUT2D eigenvalue weighted by atomic mass is 10.3. The molecule has 0 bridgehead atoms. The van der Waals surface area contributed by atoms with E-state index in [0.717, 1.165) is 87.8 Å². The molecule has 2 aromatic heterocycles. The van der Waals surface area contributed by atoms with E-state index in [1.165, 1.54) is 11.5 Å². The Kier molecular flexibility index (Phi) is 7.64.